The number of nitriles is 1. The normalized spacial score (nSPS) is 15.7. The second-order valence-corrected chi connectivity index (χ2v) is 5.20. The molecule has 3 rings (SSSR count). The van der Waals surface area contributed by atoms with Crippen LogP contribution >= 0.6 is 0 Å². The van der Waals surface area contributed by atoms with Gasteiger partial charge in [-0.3, -0.25) is 0 Å². The van der Waals surface area contributed by atoms with Gasteiger partial charge in [0.1, 0.15) is 11.9 Å². The zero-order valence-corrected chi connectivity index (χ0v) is 11.5. The number of halogens is 1. The second-order valence-electron chi connectivity index (χ2n) is 5.20. The van der Waals surface area contributed by atoms with E-state index in [0.29, 0.717) is 11.6 Å². The van der Waals surface area contributed by atoms with Gasteiger partial charge in [0.05, 0.1) is 0 Å². The van der Waals surface area contributed by atoms with Gasteiger partial charge in [0, 0.05) is 13.1 Å². The van der Waals surface area contributed by atoms with Crippen LogP contribution in [0, 0.1) is 17.1 Å². The third-order valence-corrected chi connectivity index (χ3v) is 3.93. The van der Waals surface area contributed by atoms with Crippen molar-refractivity contribution in [2.75, 3.05) is 18.0 Å². The monoisotopic (exact) mass is 282 g/mol. The van der Waals surface area contributed by atoms with E-state index in [2.05, 4.69) is 15.1 Å². The third kappa shape index (κ3) is 3.00. The molecular weight excluding hydrogens is 267 g/mol. The average molecular weight is 282 g/mol. The van der Waals surface area contributed by atoms with Crippen molar-refractivity contribution < 1.29 is 4.39 Å². The maximum atomic E-state index is 13.0. The first-order chi connectivity index (χ1) is 10.3. The fourth-order valence-corrected chi connectivity index (χ4v) is 2.73. The Balaban J connectivity index is 1.64. The van der Waals surface area contributed by atoms with Gasteiger partial charge in [-0.15, -0.1) is 10.2 Å². The molecule has 2 heterocycles. The highest BCUT2D eigenvalue weighted by molar-refractivity contribution is 5.40. The molecule has 1 aromatic carbocycles. The number of nitrogens with zero attached hydrogens (tertiary/aromatic N) is 4. The highest BCUT2D eigenvalue weighted by Gasteiger charge is 2.21. The highest BCUT2D eigenvalue weighted by atomic mass is 19.1. The Morgan fingerprint density at radius 2 is 1.76 bits per heavy atom. The van der Waals surface area contributed by atoms with Crippen LogP contribution in [0.4, 0.5) is 10.2 Å². The zero-order valence-electron chi connectivity index (χ0n) is 11.5. The second kappa shape index (κ2) is 5.88. The van der Waals surface area contributed by atoms with Crippen LogP contribution in [0.2, 0.25) is 0 Å². The molecule has 1 fully saturated rings. The number of aromatic nitrogens is 2. The summed E-state index contributed by atoms with van der Waals surface area (Å²) in [4.78, 5) is 2.17. The summed E-state index contributed by atoms with van der Waals surface area (Å²) >= 11 is 0. The summed E-state index contributed by atoms with van der Waals surface area (Å²) < 4.78 is 13.0. The van der Waals surface area contributed by atoms with Crippen LogP contribution < -0.4 is 4.90 Å². The van der Waals surface area contributed by atoms with E-state index in [1.165, 1.54) is 17.7 Å². The maximum Gasteiger partial charge on any atom is 0.163 e. The molecule has 1 saturated heterocycles. The minimum atomic E-state index is -0.191. The minimum Gasteiger partial charge on any atom is -0.355 e. The largest absolute Gasteiger partial charge is 0.355 e. The lowest BCUT2D eigenvalue weighted by atomic mass is 9.89. The molecule has 0 spiro atoms. The fraction of sp³-hybridized carbons (Fsp3) is 0.312. The van der Waals surface area contributed by atoms with Crippen LogP contribution in [0.1, 0.15) is 30.0 Å². The summed E-state index contributed by atoms with van der Waals surface area (Å²) in [5.41, 5.74) is 1.53. The summed E-state index contributed by atoms with van der Waals surface area (Å²) in [6, 6.07) is 12.3. The topological polar surface area (TPSA) is 52.8 Å². The Kier molecular flexibility index (Phi) is 3.78. The fourth-order valence-electron chi connectivity index (χ4n) is 2.73. The maximum absolute atomic E-state index is 13.0. The van der Waals surface area contributed by atoms with E-state index in [1.54, 1.807) is 6.07 Å². The van der Waals surface area contributed by atoms with Crippen molar-refractivity contribution in [3.05, 3.63) is 53.5 Å². The van der Waals surface area contributed by atoms with E-state index in [9.17, 15) is 4.39 Å². The molecule has 1 aliphatic rings. The Labute approximate surface area is 122 Å². The van der Waals surface area contributed by atoms with E-state index in [1.807, 2.05) is 24.3 Å². The van der Waals surface area contributed by atoms with Crippen LogP contribution in [-0.2, 0) is 0 Å². The van der Waals surface area contributed by atoms with Crippen molar-refractivity contribution in [3.8, 4) is 6.07 Å². The Bertz CT molecular complexity index is 637. The van der Waals surface area contributed by atoms with Crippen LogP contribution in [-0.4, -0.2) is 23.3 Å². The van der Waals surface area contributed by atoms with E-state index >= 15 is 0 Å². The molecule has 21 heavy (non-hydrogen) atoms. The zero-order chi connectivity index (χ0) is 14.7. The first-order valence-electron chi connectivity index (χ1n) is 7.00. The van der Waals surface area contributed by atoms with Gasteiger partial charge >= 0.3 is 0 Å². The highest BCUT2D eigenvalue weighted by Crippen LogP contribution is 2.29. The molecule has 5 heteroatoms. The van der Waals surface area contributed by atoms with Crippen molar-refractivity contribution in [2.45, 2.75) is 18.8 Å². The lowest BCUT2D eigenvalue weighted by Crippen LogP contribution is -2.33. The van der Waals surface area contributed by atoms with Crippen LogP contribution in [0.3, 0.4) is 0 Å². The summed E-state index contributed by atoms with van der Waals surface area (Å²) in [6.07, 6.45) is 2.01. The van der Waals surface area contributed by atoms with Crippen LogP contribution in [0.25, 0.3) is 0 Å². The molecule has 1 aromatic heterocycles. The molecule has 106 valence electrons. The van der Waals surface area contributed by atoms with Crippen molar-refractivity contribution in [1.29, 1.82) is 5.26 Å². The summed E-state index contributed by atoms with van der Waals surface area (Å²) in [6.45, 7) is 1.78. The first-order valence-corrected chi connectivity index (χ1v) is 7.00. The minimum absolute atomic E-state index is 0.191. The molecule has 0 radical (unpaired) electrons. The van der Waals surface area contributed by atoms with Gasteiger partial charge in [-0.1, -0.05) is 12.1 Å². The Morgan fingerprint density at radius 1 is 1.05 bits per heavy atom. The number of rotatable bonds is 2. The number of benzene rings is 1. The summed E-state index contributed by atoms with van der Waals surface area (Å²) in [5, 5.41) is 16.7. The Morgan fingerprint density at radius 3 is 2.33 bits per heavy atom. The van der Waals surface area contributed by atoms with Crippen molar-refractivity contribution in [3.63, 3.8) is 0 Å². The van der Waals surface area contributed by atoms with E-state index in [4.69, 9.17) is 5.26 Å². The average Bonchev–Trinajstić information content (AvgIpc) is 2.56. The van der Waals surface area contributed by atoms with Crippen molar-refractivity contribution in [2.24, 2.45) is 0 Å². The molecule has 0 bridgehead atoms. The Hall–Kier alpha value is -2.48. The van der Waals surface area contributed by atoms with Crippen molar-refractivity contribution >= 4 is 5.82 Å². The van der Waals surface area contributed by atoms with Gasteiger partial charge in [0.25, 0.3) is 0 Å². The smallest absolute Gasteiger partial charge is 0.163 e. The molecule has 0 atom stereocenters. The lowest BCUT2D eigenvalue weighted by molar-refractivity contribution is 0.500. The number of piperidine rings is 1. The predicted octanol–water partition coefficient (Wildman–Crippen LogP) is 2.87. The molecule has 0 amide bonds. The molecule has 2 aromatic rings. The first kappa shape index (κ1) is 13.5. The molecule has 1 aliphatic heterocycles. The molecule has 0 unspecified atom stereocenters. The SMILES string of the molecule is N#Cc1ccc(N2CCC(c3ccc(F)cc3)CC2)nn1. The lowest BCUT2D eigenvalue weighted by Gasteiger charge is -2.32. The van der Waals surface area contributed by atoms with E-state index in [0.717, 1.165) is 31.7 Å². The molecular formula is C16H15FN4. The summed E-state index contributed by atoms with van der Waals surface area (Å²) in [7, 11) is 0. The third-order valence-electron chi connectivity index (χ3n) is 3.93. The van der Waals surface area contributed by atoms with Gasteiger partial charge in [0.15, 0.2) is 11.5 Å². The van der Waals surface area contributed by atoms with E-state index in [-0.39, 0.29) is 5.82 Å². The van der Waals surface area contributed by atoms with Crippen LogP contribution in [0.15, 0.2) is 36.4 Å². The van der Waals surface area contributed by atoms with Crippen LogP contribution in [0.5, 0.6) is 0 Å². The molecule has 4 nitrogen and oxygen atoms in total. The van der Waals surface area contributed by atoms with Gasteiger partial charge in [-0.2, -0.15) is 5.26 Å². The number of hydrogen-bond acceptors (Lipinski definition) is 4. The quantitative estimate of drug-likeness (QED) is 0.850. The number of hydrogen-bond donors (Lipinski definition) is 0. The van der Waals surface area contributed by atoms with Gasteiger partial charge in [0.2, 0.25) is 0 Å². The standard InChI is InChI=1S/C16H15FN4/c17-14-3-1-12(2-4-14)13-7-9-21(10-8-13)16-6-5-15(11-18)19-20-16/h1-6,13H,7-10H2. The molecule has 0 saturated carbocycles. The van der Waals surface area contributed by atoms with E-state index < -0.39 is 0 Å². The molecule has 0 aliphatic carbocycles. The van der Waals surface area contributed by atoms with Gasteiger partial charge in [-0.05, 0) is 48.6 Å². The van der Waals surface area contributed by atoms with Gasteiger partial charge in [-0.25, -0.2) is 4.39 Å². The predicted molar refractivity (Wildman–Crippen MR) is 77.3 cm³/mol. The van der Waals surface area contributed by atoms with Crippen molar-refractivity contribution in [1.82, 2.24) is 10.2 Å². The van der Waals surface area contributed by atoms with Gasteiger partial charge < -0.3 is 4.90 Å². The number of anilines is 1. The summed E-state index contributed by atoms with van der Waals surface area (Å²) in [5.74, 6) is 1.09. The molecule has 0 N–H and O–H groups in total.